The molecule has 0 amide bonds. The van der Waals surface area contributed by atoms with Crippen LogP contribution in [-0.4, -0.2) is 35.2 Å². The fraction of sp³-hybridized carbons (Fsp3) is 0.562. The summed E-state index contributed by atoms with van der Waals surface area (Å²) in [5.41, 5.74) is -1.82. The molecule has 2 aromatic rings. The molecule has 2 aromatic carbocycles. The molecule has 2 saturated carbocycles. The monoisotopic (exact) mass is 536 g/mol. The summed E-state index contributed by atoms with van der Waals surface area (Å²) in [7, 11) is 0. The highest BCUT2D eigenvalue weighted by atomic mass is 16.8. The summed E-state index contributed by atoms with van der Waals surface area (Å²) in [6.45, 7) is 3.49. The van der Waals surface area contributed by atoms with E-state index in [2.05, 4.69) is 0 Å². The number of hydrogen-bond acceptors (Lipinski definition) is 7. The summed E-state index contributed by atoms with van der Waals surface area (Å²) in [6.07, 6.45) is 8.59. The van der Waals surface area contributed by atoms with Gasteiger partial charge in [-0.25, -0.2) is 9.59 Å². The average molecular weight is 537 g/mol. The van der Waals surface area contributed by atoms with E-state index < -0.39 is 35.4 Å². The van der Waals surface area contributed by atoms with Gasteiger partial charge in [-0.1, -0.05) is 99.2 Å². The lowest BCUT2D eigenvalue weighted by atomic mass is 9.69. The first kappa shape index (κ1) is 27.8. The summed E-state index contributed by atoms with van der Waals surface area (Å²) in [5.74, 6) is -0.445. The zero-order chi connectivity index (χ0) is 27.5. The predicted octanol–water partition coefficient (Wildman–Crippen LogP) is 5.88. The van der Waals surface area contributed by atoms with Crippen molar-refractivity contribution in [1.82, 2.24) is 0 Å². The Labute approximate surface area is 230 Å². The van der Waals surface area contributed by atoms with Gasteiger partial charge in [-0.15, -0.1) is 0 Å². The first-order chi connectivity index (χ1) is 18.8. The average Bonchev–Trinajstić information content (AvgIpc) is 3.45. The zero-order valence-electron chi connectivity index (χ0n) is 23.0. The molecule has 4 aliphatic rings. The van der Waals surface area contributed by atoms with E-state index in [1.807, 2.05) is 60.7 Å². The number of carbonyl (C=O) groups is 2. The summed E-state index contributed by atoms with van der Waals surface area (Å²) >= 11 is 0. The number of rotatable bonds is 4. The third-order valence-corrected chi connectivity index (χ3v) is 8.73. The lowest BCUT2D eigenvalue weighted by Gasteiger charge is -2.43. The van der Waals surface area contributed by atoms with Crippen LogP contribution in [-0.2, 0) is 39.7 Å². The lowest BCUT2D eigenvalue weighted by molar-refractivity contribution is -0.197. The molecule has 0 bridgehead atoms. The fourth-order valence-corrected chi connectivity index (χ4v) is 6.92. The number of benzene rings is 2. The van der Waals surface area contributed by atoms with Gasteiger partial charge in [0.05, 0.1) is 0 Å². The molecule has 0 radical (unpaired) electrons. The molecule has 2 aliphatic heterocycles. The topological polar surface area (TPSA) is 91.3 Å². The summed E-state index contributed by atoms with van der Waals surface area (Å²) in [4.78, 5) is 25.0. The lowest BCUT2D eigenvalue weighted by Crippen LogP contribution is -2.56. The summed E-state index contributed by atoms with van der Waals surface area (Å²) in [5, 5.41) is 11.1. The molecule has 210 valence electrons. The van der Waals surface area contributed by atoms with Gasteiger partial charge in [0.1, 0.15) is 5.60 Å². The van der Waals surface area contributed by atoms with Gasteiger partial charge in [0.2, 0.25) is 18.2 Å². The van der Waals surface area contributed by atoms with Crippen LogP contribution < -0.4 is 0 Å². The van der Waals surface area contributed by atoms with E-state index in [1.54, 1.807) is 13.8 Å². The maximum absolute atomic E-state index is 12.5. The minimum atomic E-state index is -1.38. The Morgan fingerprint density at radius 1 is 0.667 bits per heavy atom. The van der Waals surface area contributed by atoms with Crippen molar-refractivity contribution < 1.29 is 33.6 Å². The van der Waals surface area contributed by atoms with E-state index in [-0.39, 0.29) is 11.9 Å². The van der Waals surface area contributed by atoms with Crippen LogP contribution >= 0.6 is 0 Å². The number of ether oxygens (including phenoxy) is 4. The molecule has 39 heavy (non-hydrogen) atoms. The van der Waals surface area contributed by atoms with Crippen LogP contribution in [0.3, 0.4) is 0 Å². The smallest absolute Gasteiger partial charge is 0.348 e. The van der Waals surface area contributed by atoms with E-state index >= 15 is 0 Å². The Morgan fingerprint density at radius 3 is 1.69 bits per heavy atom. The number of aliphatic hydroxyl groups is 1. The molecular formula is C32H40O7. The van der Waals surface area contributed by atoms with Gasteiger partial charge in [0, 0.05) is 5.92 Å². The standard InChI is InChI=1S/C16H20O4.C16H20O3/c1-12-19-14(17)16(20-12,13-8-4-2-5-9-13)15(18)10-6-3-7-11-15;1-12-18-15(17)16(19-12,13-8-4-2-5-9-13)14-10-6-3-7-11-14/h2,4-5,8-9,12,18H,3,6-7,10-11H2,1H3;2,4-5,8-9,12,14H,3,6-7,10-11H2,1H3. The van der Waals surface area contributed by atoms with Crippen molar-refractivity contribution in [3.8, 4) is 0 Å². The summed E-state index contributed by atoms with van der Waals surface area (Å²) in [6, 6.07) is 19.1. The van der Waals surface area contributed by atoms with E-state index in [1.165, 1.54) is 19.3 Å². The van der Waals surface area contributed by atoms with Gasteiger partial charge in [0.15, 0.2) is 5.60 Å². The molecule has 0 aromatic heterocycles. The van der Waals surface area contributed by atoms with Gasteiger partial charge in [-0.2, -0.15) is 0 Å². The number of hydrogen-bond donors (Lipinski definition) is 1. The molecule has 2 heterocycles. The normalized spacial score (nSPS) is 32.6. The quantitative estimate of drug-likeness (QED) is 0.488. The molecule has 7 heteroatoms. The molecule has 0 spiro atoms. The molecule has 4 atom stereocenters. The first-order valence-electron chi connectivity index (χ1n) is 14.4. The summed E-state index contributed by atoms with van der Waals surface area (Å²) < 4.78 is 22.4. The van der Waals surface area contributed by atoms with Gasteiger partial charge in [-0.05, 0) is 50.7 Å². The third kappa shape index (κ3) is 5.01. The second kappa shape index (κ2) is 11.4. The minimum Gasteiger partial charge on any atom is -0.434 e. The Morgan fingerprint density at radius 2 is 1.18 bits per heavy atom. The van der Waals surface area contributed by atoms with Gasteiger partial charge < -0.3 is 24.1 Å². The van der Waals surface area contributed by atoms with Gasteiger partial charge >= 0.3 is 11.9 Å². The second-order valence-corrected chi connectivity index (χ2v) is 11.3. The number of carbonyl (C=O) groups excluding carboxylic acids is 2. The highest BCUT2D eigenvalue weighted by Crippen LogP contribution is 2.50. The maximum Gasteiger partial charge on any atom is 0.348 e. The Hall–Kier alpha value is -2.74. The predicted molar refractivity (Wildman–Crippen MR) is 144 cm³/mol. The van der Waals surface area contributed by atoms with Crippen molar-refractivity contribution >= 4 is 11.9 Å². The highest BCUT2D eigenvalue weighted by molar-refractivity contribution is 5.85. The molecular weight excluding hydrogens is 496 g/mol. The van der Waals surface area contributed by atoms with Crippen LogP contribution in [0.25, 0.3) is 0 Å². The Bertz CT molecular complexity index is 1120. The van der Waals surface area contributed by atoms with Crippen LogP contribution in [0, 0.1) is 5.92 Å². The van der Waals surface area contributed by atoms with Gasteiger partial charge in [-0.3, -0.25) is 0 Å². The first-order valence-corrected chi connectivity index (χ1v) is 14.4. The van der Waals surface area contributed by atoms with Crippen molar-refractivity contribution in [2.45, 2.75) is 107 Å². The Kier molecular flexibility index (Phi) is 8.13. The van der Waals surface area contributed by atoms with Crippen LogP contribution in [0.2, 0.25) is 0 Å². The third-order valence-electron chi connectivity index (χ3n) is 8.73. The molecule has 2 aliphatic carbocycles. The zero-order valence-corrected chi connectivity index (χ0v) is 23.0. The molecule has 1 N–H and O–H groups in total. The molecule has 4 unspecified atom stereocenters. The molecule has 6 rings (SSSR count). The van der Waals surface area contributed by atoms with Crippen LogP contribution in [0.4, 0.5) is 0 Å². The van der Waals surface area contributed by atoms with E-state index in [4.69, 9.17) is 18.9 Å². The molecule has 4 fully saturated rings. The molecule has 7 nitrogen and oxygen atoms in total. The van der Waals surface area contributed by atoms with Crippen LogP contribution in [0.15, 0.2) is 60.7 Å². The van der Waals surface area contributed by atoms with E-state index in [9.17, 15) is 14.7 Å². The van der Waals surface area contributed by atoms with E-state index in [0.717, 1.165) is 37.7 Å². The largest absolute Gasteiger partial charge is 0.434 e. The van der Waals surface area contributed by atoms with Crippen molar-refractivity contribution in [3.63, 3.8) is 0 Å². The van der Waals surface area contributed by atoms with Crippen molar-refractivity contribution in [3.05, 3.63) is 71.8 Å². The fourth-order valence-electron chi connectivity index (χ4n) is 6.92. The SMILES string of the molecule is CC1OC(=O)C(c2ccccc2)(C2(O)CCCCC2)O1.CC1OC(=O)C(c2ccccc2)(C2CCCCC2)O1. The van der Waals surface area contributed by atoms with Crippen LogP contribution in [0.1, 0.15) is 89.2 Å². The van der Waals surface area contributed by atoms with Gasteiger partial charge in [0.25, 0.3) is 0 Å². The highest BCUT2D eigenvalue weighted by Gasteiger charge is 2.64. The second-order valence-electron chi connectivity index (χ2n) is 11.3. The van der Waals surface area contributed by atoms with Crippen molar-refractivity contribution in [1.29, 1.82) is 0 Å². The molecule has 2 saturated heterocycles. The van der Waals surface area contributed by atoms with Crippen molar-refractivity contribution in [2.24, 2.45) is 5.92 Å². The number of cyclic esters (lactones) is 2. The minimum absolute atomic E-state index is 0.210. The Balaban J connectivity index is 0.000000158. The van der Waals surface area contributed by atoms with Crippen molar-refractivity contribution in [2.75, 3.05) is 0 Å². The van der Waals surface area contributed by atoms with Crippen LogP contribution in [0.5, 0.6) is 0 Å². The van der Waals surface area contributed by atoms with E-state index in [0.29, 0.717) is 18.4 Å². The number of esters is 2. The maximum atomic E-state index is 12.5.